The summed E-state index contributed by atoms with van der Waals surface area (Å²) in [6.07, 6.45) is -0.331. The largest absolute Gasteiger partial charge is 0.391 e. The number of nitrogens with two attached hydrogens (primary N) is 1. The first-order valence-corrected chi connectivity index (χ1v) is 6.25. The summed E-state index contributed by atoms with van der Waals surface area (Å²) in [4.78, 5) is 14.3. The molecule has 1 heterocycles. The maximum atomic E-state index is 12.3. The van der Waals surface area contributed by atoms with Gasteiger partial charge in [-0.05, 0) is 19.1 Å². The van der Waals surface area contributed by atoms with E-state index in [-0.39, 0.29) is 12.0 Å². The number of hydrogen-bond donors (Lipinski definition) is 1. The molecule has 0 bridgehead atoms. The lowest BCUT2D eigenvalue weighted by Gasteiger charge is -2.32. The third kappa shape index (κ3) is 2.86. The zero-order valence-corrected chi connectivity index (χ0v) is 11.1. The third-order valence-electron chi connectivity index (χ3n) is 2.94. The second-order valence-corrected chi connectivity index (χ2v) is 4.85. The average molecular weight is 264 g/mol. The fraction of sp³-hybridized carbons (Fsp3) is 0.385. The highest BCUT2D eigenvalue weighted by Gasteiger charge is 2.26. The number of carbonyl (C=O) groups excluding carboxylic acids is 1. The summed E-state index contributed by atoms with van der Waals surface area (Å²) in [5.41, 5.74) is 7.32. The SMILES string of the molecule is Cc1cccc(C(=O)N2CCOC(C(N)=S)C2)c1. The van der Waals surface area contributed by atoms with E-state index in [9.17, 15) is 4.79 Å². The number of rotatable bonds is 2. The van der Waals surface area contributed by atoms with Crippen LogP contribution in [0.5, 0.6) is 0 Å². The molecule has 1 aromatic carbocycles. The minimum atomic E-state index is -0.331. The molecule has 1 fully saturated rings. The summed E-state index contributed by atoms with van der Waals surface area (Å²) < 4.78 is 5.42. The predicted molar refractivity (Wildman–Crippen MR) is 73.6 cm³/mol. The van der Waals surface area contributed by atoms with Gasteiger partial charge in [0.25, 0.3) is 5.91 Å². The van der Waals surface area contributed by atoms with Crippen molar-refractivity contribution in [3.8, 4) is 0 Å². The number of hydrogen-bond acceptors (Lipinski definition) is 3. The molecule has 0 spiro atoms. The lowest BCUT2D eigenvalue weighted by Crippen LogP contribution is -2.49. The lowest BCUT2D eigenvalue weighted by molar-refractivity contribution is 0.00878. The standard InChI is InChI=1S/C13H16N2O2S/c1-9-3-2-4-10(7-9)13(16)15-5-6-17-11(8-15)12(14)18/h2-4,7,11H,5-6,8H2,1H3,(H2,14,18). The minimum Gasteiger partial charge on any atom is -0.391 e. The van der Waals surface area contributed by atoms with Crippen LogP contribution in [0.15, 0.2) is 24.3 Å². The van der Waals surface area contributed by atoms with Crippen molar-refractivity contribution in [1.29, 1.82) is 0 Å². The van der Waals surface area contributed by atoms with E-state index in [1.54, 1.807) is 4.90 Å². The quantitative estimate of drug-likeness (QED) is 0.813. The van der Waals surface area contributed by atoms with Crippen molar-refractivity contribution in [2.24, 2.45) is 5.73 Å². The Bertz CT molecular complexity index is 476. The van der Waals surface area contributed by atoms with E-state index in [4.69, 9.17) is 22.7 Å². The monoisotopic (exact) mass is 264 g/mol. The molecule has 1 amide bonds. The second kappa shape index (κ2) is 5.46. The summed E-state index contributed by atoms with van der Waals surface area (Å²) in [5, 5.41) is 0. The van der Waals surface area contributed by atoms with Crippen LogP contribution in [0.4, 0.5) is 0 Å². The molecular weight excluding hydrogens is 248 g/mol. The highest BCUT2D eigenvalue weighted by Crippen LogP contribution is 2.12. The Labute approximate surface area is 112 Å². The Morgan fingerprint density at radius 3 is 3.00 bits per heavy atom. The van der Waals surface area contributed by atoms with E-state index in [0.29, 0.717) is 30.2 Å². The van der Waals surface area contributed by atoms with Crippen molar-refractivity contribution in [3.05, 3.63) is 35.4 Å². The van der Waals surface area contributed by atoms with Gasteiger partial charge in [0.1, 0.15) is 11.1 Å². The molecular formula is C13H16N2O2S. The summed E-state index contributed by atoms with van der Waals surface area (Å²) in [7, 11) is 0. The molecule has 1 unspecified atom stereocenters. The lowest BCUT2D eigenvalue weighted by atomic mass is 10.1. The van der Waals surface area contributed by atoms with Crippen molar-refractivity contribution in [2.75, 3.05) is 19.7 Å². The molecule has 1 saturated heterocycles. The van der Waals surface area contributed by atoms with E-state index in [1.165, 1.54) is 0 Å². The van der Waals surface area contributed by atoms with E-state index in [0.717, 1.165) is 5.56 Å². The van der Waals surface area contributed by atoms with Crippen LogP contribution in [-0.4, -0.2) is 41.6 Å². The molecule has 0 aromatic heterocycles. The molecule has 1 atom stereocenters. The maximum absolute atomic E-state index is 12.3. The highest BCUT2D eigenvalue weighted by atomic mass is 32.1. The van der Waals surface area contributed by atoms with Gasteiger partial charge in [0.2, 0.25) is 0 Å². The van der Waals surface area contributed by atoms with Crippen molar-refractivity contribution >= 4 is 23.1 Å². The molecule has 18 heavy (non-hydrogen) atoms. The molecule has 0 saturated carbocycles. The van der Waals surface area contributed by atoms with Gasteiger partial charge >= 0.3 is 0 Å². The van der Waals surface area contributed by atoms with Gasteiger partial charge < -0.3 is 15.4 Å². The smallest absolute Gasteiger partial charge is 0.254 e. The fourth-order valence-electron chi connectivity index (χ4n) is 1.97. The minimum absolute atomic E-state index is 0.00301. The van der Waals surface area contributed by atoms with Crippen molar-refractivity contribution < 1.29 is 9.53 Å². The zero-order chi connectivity index (χ0) is 13.1. The van der Waals surface area contributed by atoms with E-state index in [2.05, 4.69) is 0 Å². The van der Waals surface area contributed by atoms with Crippen LogP contribution < -0.4 is 5.73 Å². The van der Waals surface area contributed by atoms with Gasteiger partial charge in [0, 0.05) is 12.1 Å². The Hall–Kier alpha value is -1.46. The first kappa shape index (κ1) is 13.0. The highest BCUT2D eigenvalue weighted by molar-refractivity contribution is 7.80. The van der Waals surface area contributed by atoms with Crippen LogP contribution in [0.25, 0.3) is 0 Å². The summed E-state index contributed by atoms with van der Waals surface area (Å²) >= 11 is 4.91. The van der Waals surface area contributed by atoms with Gasteiger partial charge in [-0.25, -0.2) is 0 Å². The topological polar surface area (TPSA) is 55.6 Å². The number of ether oxygens (including phenoxy) is 1. The van der Waals surface area contributed by atoms with Crippen molar-refractivity contribution in [1.82, 2.24) is 4.90 Å². The predicted octanol–water partition coefficient (Wildman–Crippen LogP) is 1.12. The van der Waals surface area contributed by atoms with E-state index in [1.807, 2.05) is 31.2 Å². The third-order valence-corrected chi connectivity index (χ3v) is 3.20. The number of benzene rings is 1. The van der Waals surface area contributed by atoms with Gasteiger partial charge in [-0.15, -0.1) is 0 Å². The van der Waals surface area contributed by atoms with Gasteiger partial charge in [-0.3, -0.25) is 4.79 Å². The number of aryl methyl sites for hydroxylation is 1. The van der Waals surface area contributed by atoms with Gasteiger partial charge in [0.05, 0.1) is 13.2 Å². The van der Waals surface area contributed by atoms with Gasteiger partial charge in [-0.2, -0.15) is 0 Å². The number of amides is 1. The molecule has 4 nitrogen and oxygen atoms in total. The maximum Gasteiger partial charge on any atom is 0.254 e. The Balaban J connectivity index is 2.11. The molecule has 96 valence electrons. The summed E-state index contributed by atoms with van der Waals surface area (Å²) in [6, 6.07) is 7.55. The van der Waals surface area contributed by atoms with Crippen molar-refractivity contribution in [2.45, 2.75) is 13.0 Å². The molecule has 0 aliphatic carbocycles. The van der Waals surface area contributed by atoms with Crippen LogP contribution in [-0.2, 0) is 4.74 Å². The normalized spacial score (nSPS) is 19.6. The van der Waals surface area contributed by atoms with Crippen LogP contribution in [0, 0.1) is 6.92 Å². The van der Waals surface area contributed by atoms with Gasteiger partial charge in [0.15, 0.2) is 0 Å². The van der Waals surface area contributed by atoms with Crippen LogP contribution in [0.3, 0.4) is 0 Å². The Kier molecular flexibility index (Phi) is 3.93. The number of nitrogens with zero attached hydrogens (tertiary/aromatic N) is 1. The van der Waals surface area contributed by atoms with E-state index >= 15 is 0 Å². The van der Waals surface area contributed by atoms with Crippen LogP contribution >= 0.6 is 12.2 Å². The Morgan fingerprint density at radius 1 is 1.56 bits per heavy atom. The van der Waals surface area contributed by atoms with Crippen molar-refractivity contribution in [3.63, 3.8) is 0 Å². The summed E-state index contributed by atoms with van der Waals surface area (Å²) in [5.74, 6) is 0.00301. The van der Waals surface area contributed by atoms with Crippen LogP contribution in [0.2, 0.25) is 0 Å². The molecule has 1 aromatic rings. The molecule has 1 aliphatic heterocycles. The first-order valence-electron chi connectivity index (χ1n) is 5.85. The molecule has 1 aliphatic rings. The van der Waals surface area contributed by atoms with Gasteiger partial charge in [-0.1, -0.05) is 29.9 Å². The number of carbonyl (C=O) groups is 1. The second-order valence-electron chi connectivity index (χ2n) is 4.38. The van der Waals surface area contributed by atoms with E-state index < -0.39 is 0 Å². The zero-order valence-electron chi connectivity index (χ0n) is 10.3. The first-order chi connectivity index (χ1) is 8.58. The molecule has 2 rings (SSSR count). The molecule has 0 radical (unpaired) electrons. The number of thiocarbonyl (C=S) groups is 1. The fourth-order valence-corrected chi connectivity index (χ4v) is 2.11. The molecule has 2 N–H and O–H groups in total. The Morgan fingerprint density at radius 2 is 2.33 bits per heavy atom. The summed E-state index contributed by atoms with van der Waals surface area (Å²) in [6.45, 7) is 3.45. The molecule has 5 heteroatoms. The van der Waals surface area contributed by atoms with Crippen LogP contribution in [0.1, 0.15) is 15.9 Å². The number of morpholine rings is 1. The average Bonchev–Trinajstić information content (AvgIpc) is 2.38.